The average molecular weight is 226 g/mol. The van der Waals surface area contributed by atoms with Crippen LogP contribution in [0.4, 0.5) is 0 Å². The third-order valence-electron chi connectivity index (χ3n) is 2.01. The van der Waals surface area contributed by atoms with Gasteiger partial charge in [0.1, 0.15) is 0 Å². The van der Waals surface area contributed by atoms with Crippen molar-refractivity contribution in [3.05, 3.63) is 0 Å². The van der Waals surface area contributed by atoms with Crippen LogP contribution in [0, 0.1) is 0 Å². The Morgan fingerprint density at radius 1 is 0.733 bits per heavy atom. The van der Waals surface area contributed by atoms with E-state index in [9.17, 15) is 0 Å². The highest BCUT2D eigenvalue weighted by atomic mass is 16.7. The Bertz CT molecular complexity index is 167. The normalized spacial score (nSPS) is 14.0. The number of hydrogen-bond acceptors (Lipinski definition) is 8. The quantitative estimate of drug-likeness (QED) is 0.257. The highest BCUT2D eigenvalue weighted by molar-refractivity contribution is 4.57. The van der Waals surface area contributed by atoms with Crippen molar-refractivity contribution in [1.29, 1.82) is 0 Å². The summed E-state index contributed by atoms with van der Waals surface area (Å²) in [6, 6.07) is 0. The van der Waals surface area contributed by atoms with Crippen molar-refractivity contribution in [3.8, 4) is 0 Å². The maximum Gasteiger partial charge on any atom is 0.345 e. The Morgan fingerprint density at radius 3 is 1.20 bits per heavy atom. The molecule has 0 rings (SSSR count). The van der Waals surface area contributed by atoms with E-state index in [1.54, 1.807) is 0 Å². The molecule has 0 radical (unpaired) electrons. The summed E-state index contributed by atoms with van der Waals surface area (Å²) < 4.78 is 0. The lowest BCUT2D eigenvalue weighted by molar-refractivity contribution is -0.392. The Hall–Kier alpha value is -0.320. The zero-order chi connectivity index (χ0) is 12.3. The molecule has 0 unspecified atom stereocenters. The van der Waals surface area contributed by atoms with Gasteiger partial charge in [0.15, 0.2) is 0 Å². The summed E-state index contributed by atoms with van der Waals surface area (Å²) in [7, 11) is 2.54. The SMILES string of the molecule is CN(CCCN(C)C(O)(O)O)C(O)(O)O. The van der Waals surface area contributed by atoms with Crippen LogP contribution in [0.1, 0.15) is 6.42 Å². The van der Waals surface area contributed by atoms with E-state index < -0.39 is 12.2 Å². The molecule has 0 aromatic carbocycles. The van der Waals surface area contributed by atoms with Gasteiger partial charge in [0.25, 0.3) is 0 Å². The molecule has 0 amide bonds. The van der Waals surface area contributed by atoms with Crippen molar-refractivity contribution >= 4 is 0 Å². The minimum absolute atomic E-state index is 0.0872. The second-order valence-corrected chi connectivity index (χ2v) is 3.40. The smallest absolute Gasteiger partial charge is 0.330 e. The van der Waals surface area contributed by atoms with E-state index in [4.69, 9.17) is 30.6 Å². The predicted molar refractivity (Wildman–Crippen MR) is 48.7 cm³/mol. The van der Waals surface area contributed by atoms with Crippen molar-refractivity contribution < 1.29 is 30.6 Å². The molecule has 0 aliphatic heterocycles. The first-order valence-electron chi connectivity index (χ1n) is 4.32. The van der Waals surface area contributed by atoms with E-state index in [2.05, 4.69) is 0 Å². The fourth-order valence-corrected chi connectivity index (χ4v) is 0.845. The molecular weight excluding hydrogens is 208 g/mol. The van der Waals surface area contributed by atoms with Crippen LogP contribution < -0.4 is 0 Å². The fourth-order valence-electron chi connectivity index (χ4n) is 0.845. The van der Waals surface area contributed by atoms with Gasteiger partial charge in [0.2, 0.25) is 0 Å². The summed E-state index contributed by atoms with van der Waals surface area (Å²) in [4.78, 5) is 1.68. The van der Waals surface area contributed by atoms with E-state index in [0.29, 0.717) is 0 Å². The molecule has 92 valence electrons. The molecule has 8 nitrogen and oxygen atoms in total. The van der Waals surface area contributed by atoms with Crippen molar-refractivity contribution in [2.75, 3.05) is 27.2 Å². The fraction of sp³-hybridized carbons (Fsp3) is 1.00. The van der Waals surface area contributed by atoms with Crippen LogP contribution in [0.25, 0.3) is 0 Å². The number of nitrogens with zero attached hydrogens (tertiary/aromatic N) is 2. The van der Waals surface area contributed by atoms with Crippen molar-refractivity contribution in [2.24, 2.45) is 0 Å². The molecule has 0 spiro atoms. The van der Waals surface area contributed by atoms with Crippen molar-refractivity contribution in [2.45, 2.75) is 18.6 Å². The van der Waals surface area contributed by atoms with Gasteiger partial charge in [-0.15, -0.1) is 0 Å². The molecule has 0 saturated carbocycles. The second kappa shape index (κ2) is 5.14. The molecule has 0 aromatic rings. The molecule has 0 heterocycles. The van der Waals surface area contributed by atoms with E-state index in [1.807, 2.05) is 0 Å². The monoisotopic (exact) mass is 226 g/mol. The lowest BCUT2D eigenvalue weighted by Gasteiger charge is -2.29. The maximum atomic E-state index is 8.69. The largest absolute Gasteiger partial charge is 0.345 e. The lowest BCUT2D eigenvalue weighted by Crippen LogP contribution is -2.49. The van der Waals surface area contributed by atoms with Gasteiger partial charge in [-0.05, 0) is 20.5 Å². The first-order valence-corrected chi connectivity index (χ1v) is 4.32. The molecular formula is C7H18N2O6. The molecule has 0 fully saturated rings. The summed E-state index contributed by atoms with van der Waals surface area (Å²) in [6.45, 7) is 0.174. The molecule has 0 bridgehead atoms. The van der Waals surface area contributed by atoms with Gasteiger partial charge in [0, 0.05) is 13.1 Å². The summed E-state index contributed by atoms with van der Waals surface area (Å²) in [5, 5.41) is 52.1. The van der Waals surface area contributed by atoms with Crippen molar-refractivity contribution in [1.82, 2.24) is 9.80 Å². The standard InChI is InChI=1S/C7H18N2O6/c1-8(6(10,11)12)4-3-5-9(2)7(13,14)15/h10-15H,3-5H2,1-2H3. The van der Waals surface area contributed by atoms with Crippen LogP contribution in [0.5, 0.6) is 0 Å². The maximum absolute atomic E-state index is 8.69. The average Bonchev–Trinajstić information content (AvgIpc) is 2.00. The van der Waals surface area contributed by atoms with E-state index >= 15 is 0 Å². The van der Waals surface area contributed by atoms with Crippen molar-refractivity contribution in [3.63, 3.8) is 0 Å². The highest BCUT2D eigenvalue weighted by Gasteiger charge is 2.27. The first kappa shape index (κ1) is 14.7. The minimum atomic E-state index is -2.90. The molecule has 0 aromatic heterocycles. The van der Waals surface area contributed by atoms with Gasteiger partial charge in [-0.1, -0.05) is 0 Å². The van der Waals surface area contributed by atoms with Gasteiger partial charge < -0.3 is 30.6 Å². The lowest BCUT2D eigenvalue weighted by atomic mass is 10.3. The molecule has 6 N–H and O–H groups in total. The van der Waals surface area contributed by atoms with Gasteiger partial charge in [-0.2, -0.15) is 0 Å². The van der Waals surface area contributed by atoms with Crippen LogP contribution >= 0.6 is 0 Å². The summed E-state index contributed by atoms with van der Waals surface area (Å²) >= 11 is 0. The third-order valence-corrected chi connectivity index (χ3v) is 2.01. The Labute approximate surface area is 87.2 Å². The van der Waals surface area contributed by atoms with Gasteiger partial charge in [-0.25, -0.2) is 9.80 Å². The Kier molecular flexibility index (Phi) is 5.03. The van der Waals surface area contributed by atoms with Gasteiger partial charge in [-0.3, -0.25) is 0 Å². The van der Waals surface area contributed by atoms with Gasteiger partial charge in [0.05, 0.1) is 0 Å². The second-order valence-electron chi connectivity index (χ2n) is 3.40. The number of aliphatic hydroxyl groups is 6. The Morgan fingerprint density at radius 2 is 1.00 bits per heavy atom. The van der Waals surface area contributed by atoms with Crippen LogP contribution in [0.2, 0.25) is 0 Å². The molecule has 0 aliphatic carbocycles. The van der Waals surface area contributed by atoms with Crippen LogP contribution in [-0.4, -0.2) is 79.8 Å². The summed E-state index contributed by atoms with van der Waals surface area (Å²) in [5.74, 6) is 0. The number of rotatable bonds is 6. The zero-order valence-electron chi connectivity index (χ0n) is 8.70. The molecule has 0 aliphatic rings. The molecule has 15 heavy (non-hydrogen) atoms. The molecule has 0 saturated heterocycles. The summed E-state index contributed by atoms with van der Waals surface area (Å²) in [6.07, 6.45) is -5.51. The Balaban J connectivity index is 3.81. The predicted octanol–water partition coefficient (Wildman–Crippen LogP) is -3.58. The molecule has 8 heteroatoms. The molecule has 0 atom stereocenters. The van der Waals surface area contributed by atoms with E-state index in [-0.39, 0.29) is 19.5 Å². The third kappa shape index (κ3) is 5.97. The zero-order valence-corrected chi connectivity index (χ0v) is 8.70. The van der Waals surface area contributed by atoms with Crippen LogP contribution in [0.15, 0.2) is 0 Å². The minimum Gasteiger partial charge on any atom is -0.330 e. The van der Waals surface area contributed by atoms with Gasteiger partial charge >= 0.3 is 12.2 Å². The summed E-state index contributed by atoms with van der Waals surface area (Å²) in [5.41, 5.74) is 0. The van der Waals surface area contributed by atoms with Crippen LogP contribution in [-0.2, 0) is 0 Å². The number of hydrogen-bond donors (Lipinski definition) is 6. The van der Waals surface area contributed by atoms with E-state index in [0.717, 1.165) is 9.80 Å². The van der Waals surface area contributed by atoms with E-state index in [1.165, 1.54) is 14.1 Å². The highest BCUT2D eigenvalue weighted by Crippen LogP contribution is 2.04. The van der Waals surface area contributed by atoms with Crippen LogP contribution in [0.3, 0.4) is 0 Å². The topological polar surface area (TPSA) is 128 Å². The first-order chi connectivity index (χ1) is 6.55.